The Kier molecular flexibility index (Phi) is 7.66. The maximum Gasteiger partial charge on any atom is 0.242 e. The van der Waals surface area contributed by atoms with Gasteiger partial charge in [-0.1, -0.05) is 12.1 Å². The van der Waals surface area contributed by atoms with E-state index in [2.05, 4.69) is 10.6 Å². The number of hydrogen-bond acceptors (Lipinski definition) is 4. The molecule has 0 radical (unpaired) electrons. The van der Waals surface area contributed by atoms with Crippen LogP contribution in [0.5, 0.6) is 0 Å². The molecule has 1 aromatic carbocycles. The van der Waals surface area contributed by atoms with E-state index in [9.17, 15) is 13.2 Å². The molecule has 1 fully saturated rings. The van der Waals surface area contributed by atoms with Crippen molar-refractivity contribution in [3.05, 3.63) is 29.8 Å². The number of sulfonamides is 1. The van der Waals surface area contributed by atoms with E-state index >= 15 is 0 Å². The lowest BCUT2D eigenvalue weighted by molar-refractivity contribution is -0.126. The van der Waals surface area contributed by atoms with Gasteiger partial charge in [-0.25, -0.2) is 12.7 Å². The SMILES string of the molecule is CC(NC(=O)C1CCCNC1)c1ccc(S(=O)(=O)N(C)C)cc1.Cl. The van der Waals surface area contributed by atoms with Crippen molar-refractivity contribution in [2.45, 2.75) is 30.7 Å². The fraction of sp³-hybridized carbons (Fsp3) is 0.562. The summed E-state index contributed by atoms with van der Waals surface area (Å²) in [6.45, 7) is 3.60. The van der Waals surface area contributed by atoms with Gasteiger partial charge in [0.2, 0.25) is 15.9 Å². The third kappa shape index (κ3) is 4.92. The molecule has 8 heteroatoms. The summed E-state index contributed by atoms with van der Waals surface area (Å²) in [5.41, 5.74) is 0.889. The van der Waals surface area contributed by atoms with Crippen LogP contribution in [0.1, 0.15) is 31.4 Å². The average Bonchev–Trinajstić information content (AvgIpc) is 2.55. The third-order valence-electron chi connectivity index (χ3n) is 4.19. The van der Waals surface area contributed by atoms with Gasteiger partial charge in [-0.3, -0.25) is 4.79 Å². The maximum absolute atomic E-state index is 12.2. The van der Waals surface area contributed by atoms with Gasteiger partial charge >= 0.3 is 0 Å². The summed E-state index contributed by atoms with van der Waals surface area (Å²) >= 11 is 0. The van der Waals surface area contributed by atoms with E-state index in [-0.39, 0.29) is 35.2 Å². The van der Waals surface area contributed by atoms with E-state index in [0.29, 0.717) is 0 Å². The van der Waals surface area contributed by atoms with Crippen LogP contribution in [0.15, 0.2) is 29.2 Å². The lowest BCUT2D eigenvalue weighted by atomic mass is 9.98. The molecule has 2 unspecified atom stereocenters. The molecule has 0 spiro atoms. The molecule has 0 bridgehead atoms. The Labute approximate surface area is 150 Å². The molecule has 6 nitrogen and oxygen atoms in total. The van der Waals surface area contributed by atoms with Crippen LogP contribution in [0.4, 0.5) is 0 Å². The zero-order chi connectivity index (χ0) is 17.0. The predicted octanol–water partition coefficient (Wildman–Crippen LogP) is 1.54. The average molecular weight is 376 g/mol. The van der Waals surface area contributed by atoms with Crippen LogP contribution < -0.4 is 10.6 Å². The lowest BCUT2D eigenvalue weighted by Crippen LogP contribution is -2.41. The number of hydrogen-bond donors (Lipinski definition) is 2. The van der Waals surface area contributed by atoms with Gasteiger partial charge in [-0.2, -0.15) is 0 Å². The molecule has 0 aliphatic carbocycles. The monoisotopic (exact) mass is 375 g/mol. The van der Waals surface area contributed by atoms with Gasteiger partial charge in [-0.05, 0) is 44.0 Å². The molecule has 1 aliphatic heterocycles. The summed E-state index contributed by atoms with van der Waals surface area (Å²) in [6, 6.07) is 6.51. The predicted molar refractivity (Wildman–Crippen MR) is 96.7 cm³/mol. The van der Waals surface area contributed by atoms with Crippen molar-refractivity contribution in [2.75, 3.05) is 27.2 Å². The molecular weight excluding hydrogens is 350 g/mol. The Morgan fingerprint density at radius 3 is 2.42 bits per heavy atom. The topological polar surface area (TPSA) is 78.5 Å². The second kappa shape index (κ2) is 8.80. The normalized spacial score (nSPS) is 19.4. The highest BCUT2D eigenvalue weighted by Gasteiger charge is 2.23. The Balaban J connectivity index is 0.00000288. The van der Waals surface area contributed by atoms with E-state index < -0.39 is 10.0 Å². The smallest absolute Gasteiger partial charge is 0.242 e. The number of benzene rings is 1. The van der Waals surface area contributed by atoms with Crippen molar-refractivity contribution in [1.82, 2.24) is 14.9 Å². The molecule has 1 aromatic rings. The first kappa shape index (κ1) is 20.9. The Morgan fingerprint density at radius 2 is 1.92 bits per heavy atom. The Bertz CT molecular complexity index is 641. The van der Waals surface area contributed by atoms with E-state index in [0.717, 1.165) is 31.5 Å². The van der Waals surface area contributed by atoms with E-state index in [4.69, 9.17) is 0 Å². The van der Waals surface area contributed by atoms with E-state index in [1.165, 1.54) is 18.4 Å². The molecule has 0 aromatic heterocycles. The number of carbonyl (C=O) groups excluding carboxylic acids is 1. The van der Waals surface area contributed by atoms with Crippen LogP contribution in [0.25, 0.3) is 0 Å². The molecule has 136 valence electrons. The van der Waals surface area contributed by atoms with Gasteiger partial charge in [0, 0.05) is 20.6 Å². The quantitative estimate of drug-likeness (QED) is 0.818. The van der Waals surface area contributed by atoms with Crippen molar-refractivity contribution >= 4 is 28.3 Å². The number of rotatable bonds is 5. The summed E-state index contributed by atoms with van der Waals surface area (Å²) in [7, 11) is -0.413. The summed E-state index contributed by atoms with van der Waals surface area (Å²) in [4.78, 5) is 12.5. The second-order valence-electron chi connectivity index (χ2n) is 6.13. The largest absolute Gasteiger partial charge is 0.349 e. The van der Waals surface area contributed by atoms with Gasteiger partial charge in [0.25, 0.3) is 0 Å². The van der Waals surface area contributed by atoms with Crippen LogP contribution in [0, 0.1) is 5.92 Å². The third-order valence-corrected chi connectivity index (χ3v) is 6.01. The minimum Gasteiger partial charge on any atom is -0.349 e. The first-order valence-corrected chi connectivity index (χ1v) is 9.30. The number of nitrogens with zero attached hydrogens (tertiary/aromatic N) is 1. The van der Waals surface area contributed by atoms with Gasteiger partial charge in [0.15, 0.2) is 0 Å². The summed E-state index contributed by atoms with van der Waals surface area (Å²) in [5.74, 6) is 0.0641. The molecule has 1 saturated heterocycles. The molecule has 1 heterocycles. The van der Waals surface area contributed by atoms with Crippen LogP contribution in [-0.2, 0) is 14.8 Å². The zero-order valence-corrected chi connectivity index (χ0v) is 15.9. The van der Waals surface area contributed by atoms with Crippen LogP contribution in [0.2, 0.25) is 0 Å². The van der Waals surface area contributed by atoms with Gasteiger partial charge in [0.05, 0.1) is 16.9 Å². The molecule has 2 atom stereocenters. The molecule has 1 aliphatic rings. The van der Waals surface area contributed by atoms with E-state index in [1.807, 2.05) is 6.92 Å². The summed E-state index contributed by atoms with van der Waals surface area (Å²) in [6.07, 6.45) is 1.93. The number of halogens is 1. The van der Waals surface area contributed by atoms with Crippen molar-refractivity contribution in [1.29, 1.82) is 0 Å². The fourth-order valence-electron chi connectivity index (χ4n) is 2.63. The number of carbonyl (C=O) groups is 1. The van der Waals surface area contributed by atoms with Gasteiger partial charge in [-0.15, -0.1) is 12.4 Å². The minimum atomic E-state index is -3.42. The first-order valence-electron chi connectivity index (χ1n) is 7.86. The van der Waals surface area contributed by atoms with Gasteiger partial charge in [0.1, 0.15) is 0 Å². The molecule has 2 rings (SSSR count). The molecule has 24 heavy (non-hydrogen) atoms. The number of amides is 1. The maximum atomic E-state index is 12.2. The number of piperidine rings is 1. The summed E-state index contributed by atoms with van der Waals surface area (Å²) < 4.78 is 25.3. The Morgan fingerprint density at radius 1 is 1.29 bits per heavy atom. The van der Waals surface area contributed by atoms with Gasteiger partial charge < -0.3 is 10.6 Å². The van der Waals surface area contributed by atoms with Crippen molar-refractivity contribution in [3.8, 4) is 0 Å². The Hall–Kier alpha value is -1.15. The first-order chi connectivity index (χ1) is 10.8. The van der Waals surface area contributed by atoms with Crippen LogP contribution in [-0.4, -0.2) is 45.8 Å². The molecule has 0 saturated carbocycles. The van der Waals surface area contributed by atoms with Crippen LogP contribution >= 0.6 is 12.4 Å². The minimum absolute atomic E-state index is 0. The second-order valence-corrected chi connectivity index (χ2v) is 8.28. The fourth-order valence-corrected chi connectivity index (χ4v) is 3.53. The molecule has 2 N–H and O–H groups in total. The standard InChI is InChI=1S/C16H25N3O3S.ClH/c1-12(18-16(20)14-5-4-10-17-11-14)13-6-8-15(9-7-13)23(21,22)19(2)3;/h6-9,12,14,17H,4-5,10-11H2,1-3H3,(H,18,20);1H. The zero-order valence-electron chi connectivity index (χ0n) is 14.3. The molecular formula is C16H26ClN3O3S. The van der Waals surface area contributed by atoms with Crippen molar-refractivity contribution < 1.29 is 13.2 Å². The lowest BCUT2D eigenvalue weighted by Gasteiger charge is -2.24. The van der Waals surface area contributed by atoms with Crippen LogP contribution in [0.3, 0.4) is 0 Å². The van der Waals surface area contributed by atoms with Crippen molar-refractivity contribution in [2.24, 2.45) is 5.92 Å². The highest BCUT2D eigenvalue weighted by molar-refractivity contribution is 7.89. The van der Waals surface area contributed by atoms with Crippen molar-refractivity contribution in [3.63, 3.8) is 0 Å². The highest BCUT2D eigenvalue weighted by atomic mass is 35.5. The summed E-state index contributed by atoms with van der Waals surface area (Å²) in [5, 5.41) is 6.24. The van der Waals surface area contributed by atoms with E-state index in [1.54, 1.807) is 24.3 Å². The number of nitrogens with one attached hydrogen (secondary N) is 2. The molecule has 1 amide bonds. The highest BCUT2D eigenvalue weighted by Crippen LogP contribution is 2.19.